The molecular weight excluding hydrogens is 352 g/mol. The van der Waals surface area contributed by atoms with Crippen LogP contribution in [-0.2, 0) is 4.79 Å². The molecule has 6 nitrogen and oxygen atoms in total. The van der Waals surface area contributed by atoms with Crippen molar-refractivity contribution in [3.63, 3.8) is 0 Å². The molecule has 2 heterocycles. The summed E-state index contributed by atoms with van der Waals surface area (Å²) in [4.78, 5) is 21.3. The van der Waals surface area contributed by atoms with Gasteiger partial charge in [0, 0.05) is 31.2 Å². The summed E-state index contributed by atoms with van der Waals surface area (Å²) in [6.07, 6.45) is 1.05. The first-order valence-electron chi connectivity index (χ1n) is 8.64. The fourth-order valence-corrected chi connectivity index (χ4v) is 2.82. The Morgan fingerprint density at radius 3 is 2.46 bits per heavy atom. The van der Waals surface area contributed by atoms with Gasteiger partial charge >= 0.3 is 0 Å². The normalized spacial score (nSPS) is 16.2. The molecule has 0 saturated carbocycles. The fourth-order valence-electron chi connectivity index (χ4n) is 2.70. The maximum absolute atomic E-state index is 12.3. The highest BCUT2D eigenvalue weighted by molar-refractivity contribution is 6.30. The van der Waals surface area contributed by atoms with Gasteiger partial charge in [-0.1, -0.05) is 11.6 Å². The van der Waals surface area contributed by atoms with Crippen LogP contribution in [0.25, 0.3) is 0 Å². The van der Waals surface area contributed by atoms with E-state index < -0.39 is 6.10 Å². The second-order valence-electron chi connectivity index (χ2n) is 6.40. The van der Waals surface area contributed by atoms with E-state index in [1.807, 2.05) is 12.1 Å². The fraction of sp³-hybridized carbons (Fsp3) is 0.368. The number of amides is 1. The molecule has 26 heavy (non-hydrogen) atoms. The number of benzene rings is 1. The van der Waals surface area contributed by atoms with Crippen LogP contribution in [-0.4, -0.2) is 55.1 Å². The average Bonchev–Trinajstić information content (AvgIpc) is 2.65. The van der Waals surface area contributed by atoms with Gasteiger partial charge in [0.2, 0.25) is 0 Å². The van der Waals surface area contributed by atoms with E-state index in [-0.39, 0.29) is 5.91 Å². The molecule has 1 N–H and O–H groups in total. The van der Waals surface area contributed by atoms with Crippen molar-refractivity contribution in [2.75, 3.05) is 43.4 Å². The van der Waals surface area contributed by atoms with Crippen LogP contribution in [0.4, 0.5) is 11.5 Å². The minimum Gasteiger partial charge on any atom is -0.481 e. The summed E-state index contributed by atoms with van der Waals surface area (Å²) in [6.45, 7) is 5.68. The van der Waals surface area contributed by atoms with Gasteiger partial charge in [-0.25, -0.2) is 4.98 Å². The van der Waals surface area contributed by atoms with Crippen molar-refractivity contribution in [3.8, 4) is 5.75 Å². The third-order valence-corrected chi connectivity index (χ3v) is 4.59. The van der Waals surface area contributed by atoms with E-state index in [0.29, 0.717) is 16.5 Å². The number of pyridine rings is 1. The van der Waals surface area contributed by atoms with Crippen LogP contribution in [0.2, 0.25) is 5.02 Å². The van der Waals surface area contributed by atoms with E-state index in [2.05, 4.69) is 27.1 Å². The lowest BCUT2D eigenvalue weighted by atomic mass is 10.3. The van der Waals surface area contributed by atoms with Gasteiger partial charge in [-0.3, -0.25) is 4.79 Å². The zero-order valence-corrected chi connectivity index (χ0v) is 15.7. The van der Waals surface area contributed by atoms with Crippen LogP contribution < -0.4 is 15.0 Å². The Bertz CT molecular complexity index is 728. The van der Waals surface area contributed by atoms with Gasteiger partial charge in [0.05, 0.1) is 11.9 Å². The molecule has 0 bridgehead atoms. The Morgan fingerprint density at radius 2 is 1.85 bits per heavy atom. The minimum atomic E-state index is -0.631. The molecule has 1 saturated heterocycles. The molecule has 0 aliphatic carbocycles. The minimum absolute atomic E-state index is 0.228. The Balaban J connectivity index is 1.54. The molecule has 138 valence electrons. The number of aromatic nitrogens is 1. The van der Waals surface area contributed by atoms with Gasteiger partial charge < -0.3 is 19.9 Å². The molecule has 3 rings (SSSR count). The average molecular weight is 375 g/mol. The van der Waals surface area contributed by atoms with Crippen LogP contribution >= 0.6 is 11.6 Å². The molecule has 1 fully saturated rings. The van der Waals surface area contributed by atoms with Crippen molar-refractivity contribution in [2.45, 2.75) is 13.0 Å². The van der Waals surface area contributed by atoms with Gasteiger partial charge in [0.1, 0.15) is 11.6 Å². The monoisotopic (exact) mass is 374 g/mol. The number of nitrogens with zero attached hydrogens (tertiary/aromatic N) is 3. The summed E-state index contributed by atoms with van der Waals surface area (Å²) in [5, 5.41) is 3.46. The third-order valence-electron chi connectivity index (χ3n) is 4.34. The second kappa shape index (κ2) is 8.38. The summed E-state index contributed by atoms with van der Waals surface area (Å²) in [5.74, 6) is 1.30. The summed E-state index contributed by atoms with van der Waals surface area (Å²) in [7, 11) is 2.12. The zero-order chi connectivity index (χ0) is 18.5. The predicted octanol–water partition coefficient (Wildman–Crippen LogP) is 2.89. The van der Waals surface area contributed by atoms with Gasteiger partial charge in [-0.2, -0.15) is 0 Å². The first-order valence-corrected chi connectivity index (χ1v) is 9.02. The summed E-state index contributed by atoms with van der Waals surface area (Å²) >= 11 is 5.85. The van der Waals surface area contributed by atoms with Crippen molar-refractivity contribution in [1.82, 2.24) is 9.88 Å². The molecule has 0 spiro atoms. The lowest BCUT2D eigenvalue weighted by Gasteiger charge is -2.33. The summed E-state index contributed by atoms with van der Waals surface area (Å²) < 4.78 is 5.63. The Morgan fingerprint density at radius 1 is 1.15 bits per heavy atom. The van der Waals surface area contributed by atoms with Crippen molar-refractivity contribution in [2.24, 2.45) is 0 Å². The number of carbonyl (C=O) groups excluding carboxylic acids is 1. The van der Waals surface area contributed by atoms with Gasteiger partial charge in [-0.05, 0) is 50.4 Å². The molecule has 1 atom stereocenters. The number of carbonyl (C=O) groups is 1. The lowest BCUT2D eigenvalue weighted by molar-refractivity contribution is -0.122. The van der Waals surface area contributed by atoms with E-state index >= 15 is 0 Å². The maximum Gasteiger partial charge on any atom is 0.265 e. The number of hydrogen-bond acceptors (Lipinski definition) is 5. The van der Waals surface area contributed by atoms with Crippen LogP contribution in [0.15, 0.2) is 42.6 Å². The standard InChI is InChI=1S/C19H23ClN4O2/c1-14(26-17-6-3-15(20)4-7-17)19(25)22-16-5-8-18(21-13-16)24-11-9-23(2)10-12-24/h3-8,13-14H,9-12H2,1-2H3,(H,22,25)/t14-/m0/s1. The van der Waals surface area contributed by atoms with E-state index in [0.717, 1.165) is 32.0 Å². The molecule has 2 aromatic rings. The second-order valence-corrected chi connectivity index (χ2v) is 6.84. The Hall–Kier alpha value is -2.31. The molecule has 1 amide bonds. The van der Waals surface area contributed by atoms with Crippen LogP contribution in [0.1, 0.15) is 6.92 Å². The highest BCUT2D eigenvalue weighted by atomic mass is 35.5. The molecule has 1 aromatic heterocycles. The molecule has 0 unspecified atom stereocenters. The first-order chi connectivity index (χ1) is 12.5. The van der Waals surface area contributed by atoms with Gasteiger partial charge in [0.15, 0.2) is 6.10 Å². The summed E-state index contributed by atoms with van der Waals surface area (Å²) in [6, 6.07) is 10.7. The SMILES string of the molecule is C[C@H](Oc1ccc(Cl)cc1)C(=O)Nc1ccc(N2CCN(C)CC2)nc1. The lowest BCUT2D eigenvalue weighted by Crippen LogP contribution is -2.44. The van der Waals surface area contributed by atoms with Crippen LogP contribution in [0.3, 0.4) is 0 Å². The number of ether oxygens (including phenoxy) is 1. The first kappa shape index (κ1) is 18.5. The van der Waals surface area contributed by atoms with Crippen molar-refractivity contribution in [3.05, 3.63) is 47.6 Å². The van der Waals surface area contributed by atoms with E-state index in [9.17, 15) is 4.79 Å². The molecular formula is C19H23ClN4O2. The maximum atomic E-state index is 12.3. The number of anilines is 2. The van der Waals surface area contributed by atoms with E-state index in [1.165, 1.54) is 0 Å². The number of nitrogens with one attached hydrogen (secondary N) is 1. The number of piperazine rings is 1. The summed E-state index contributed by atoms with van der Waals surface area (Å²) in [5.41, 5.74) is 0.652. The predicted molar refractivity (Wildman–Crippen MR) is 104 cm³/mol. The Kier molecular flexibility index (Phi) is 5.96. The molecule has 7 heteroatoms. The third kappa shape index (κ3) is 4.86. The number of likely N-dealkylation sites (N-methyl/N-ethyl adjacent to an activating group) is 1. The van der Waals surface area contributed by atoms with Crippen molar-refractivity contribution in [1.29, 1.82) is 0 Å². The smallest absolute Gasteiger partial charge is 0.265 e. The number of halogens is 1. The van der Waals surface area contributed by atoms with Crippen LogP contribution in [0.5, 0.6) is 5.75 Å². The zero-order valence-electron chi connectivity index (χ0n) is 15.0. The number of hydrogen-bond donors (Lipinski definition) is 1. The van der Waals surface area contributed by atoms with Crippen LogP contribution in [0, 0.1) is 0 Å². The Labute approximate surface area is 158 Å². The van der Waals surface area contributed by atoms with E-state index in [4.69, 9.17) is 16.3 Å². The number of rotatable bonds is 5. The van der Waals surface area contributed by atoms with Crippen molar-refractivity contribution < 1.29 is 9.53 Å². The molecule has 1 aliphatic rings. The van der Waals surface area contributed by atoms with Gasteiger partial charge in [-0.15, -0.1) is 0 Å². The highest BCUT2D eigenvalue weighted by Gasteiger charge is 2.17. The van der Waals surface area contributed by atoms with Gasteiger partial charge in [0.25, 0.3) is 5.91 Å². The topological polar surface area (TPSA) is 57.7 Å². The largest absolute Gasteiger partial charge is 0.481 e. The van der Waals surface area contributed by atoms with Crippen molar-refractivity contribution >= 4 is 29.0 Å². The van der Waals surface area contributed by atoms with E-state index in [1.54, 1.807) is 37.4 Å². The molecule has 0 radical (unpaired) electrons. The quantitative estimate of drug-likeness (QED) is 0.872. The highest BCUT2D eigenvalue weighted by Crippen LogP contribution is 2.18. The molecule has 1 aromatic carbocycles. The molecule has 1 aliphatic heterocycles.